The zero-order chi connectivity index (χ0) is 18.8. The fourth-order valence-electron chi connectivity index (χ4n) is 1.65. The highest BCUT2D eigenvalue weighted by Crippen LogP contribution is 2.29. The summed E-state index contributed by atoms with van der Waals surface area (Å²) in [6, 6.07) is 0. The molecule has 0 aliphatic rings. The number of aliphatic hydroxyl groups is 1. The highest BCUT2D eigenvalue weighted by Gasteiger charge is 2.34. The Morgan fingerprint density at radius 1 is 1.21 bits per heavy atom. The lowest BCUT2D eigenvalue weighted by Gasteiger charge is -2.17. The van der Waals surface area contributed by atoms with Crippen molar-refractivity contribution in [2.45, 2.75) is 63.8 Å². The van der Waals surface area contributed by atoms with Crippen LogP contribution in [0.25, 0.3) is 0 Å². The summed E-state index contributed by atoms with van der Waals surface area (Å²) in [4.78, 5) is 0. The van der Waals surface area contributed by atoms with Crippen LogP contribution in [-0.4, -0.2) is 29.1 Å². The average molecular weight is 375 g/mol. The minimum Gasteiger partial charge on any atom is -0.396 e. The van der Waals surface area contributed by atoms with Crippen LogP contribution in [0.1, 0.15) is 46.5 Å². The van der Waals surface area contributed by atoms with Gasteiger partial charge in [-0.2, -0.15) is 13.2 Å². The summed E-state index contributed by atoms with van der Waals surface area (Å²) in [6.45, 7) is 3.63. The Morgan fingerprint density at radius 2 is 1.83 bits per heavy atom. The fraction of sp³-hybridized carbons (Fsp3) is 0.750. The molecule has 0 heterocycles. The van der Waals surface area contributed by atoms with Crippen molar-refractivity contribution in [2.24, 2.45) is 5.92 Å². The van der Waals surface area contributed by atoms with Crippen LogP contribution in [0.3, 0.4) is 0 Å². The highest BCUT2D eigenvalue weighted by molar-refractivity contribution is 7.98. The third-order valence-electron chi connectivity index (χ3n) is 3.28. The first kappa shape index (κ1) is 23.2. The first-order valence-electron chi connectivity index (χ1n) is 7.83. The third-order valence-corrected chi connectivity index (χ3v) is 4.52. The van der Waals surface area contributed by atoms with Crippen LogP contribution in [0.15, 0.2) is 23.9 Å². The van der Waals surface area contributed by atoms with E-state index in [9.17, 15) is 22.0 Å². The second-order valence-corrected chi connectivity index (χ2v) is 6.83. The van der Waals surface area contributed by atoms with Gasteiger partial charge in [-0.05, 0) is 37.3 Å². The van der Waals surface area contributed by atoms with Crippen molar-refractivity contribution in [3.05, 3.63) is 23.9 Å². The molecule has 2 nitrogen and oxygen atoms in total. The standard InChI is InChI=1S/C16H26F5NOS/c1-4-14(6-5-10-15(3,17)18)24-22-13(9-11-23)8-7-12(2)16(19,20)21/h5,8,10,12,14,22-23H,4,6-7,9,11H2,1-3H3/b10-5+,13-8+. The van der Waals surface area contributed by atoms with Crippen LogP contribution >= 0.6 is 11.9 Å². The highest BCUT2D eigenvalue weighted by atomic mass is 32.2. The van der Waals surface area contributed by atoms with Gasteiger partial charge in [-0.25, -0.2) is 8.78 Å². The summed E-state index contributed by atoms with van der Waals surface area (Å²) in [7, 11) is 0. The van der Waals surface area contributed by atoms with E-state index in [1.165, 1.54) is 24.1 Å². The number of allylic oxidation sites excluding steroid dienone is 3. The molecule has 0 aromatic carbocycles. The number of nitrogens with one attached hydrogen (secondary N) is 1. The van der Waals surface area contributed by atoms with Gasteiger partial charge in [0.1, 0.15) is 0 Å². The van der Waals surface area contributed by atoms with Gasteiger partial charge >= 0.3 is 6.18 Å². The molecule has 0 aliphatic carbocycles. The minimum atomic E-state index is -4.25. The summed E-state index contributed by atoms with van der Waals surface area (Å²) < 4.78 is 66.0. The Hall–Kier alpha value is -0.760. The summed E-state index contributed by atoms with van der Waals surface area (Å²) in [5.74, 6) is -4.32. The number of halogens is 5. The Morgan fingerprint density at radius 3 is 2.29 bits per heavy atom. The molecule has 0 fully saturated rings. The molecule has 2 N–H and O–H groups in total. The Kier molecular flexibility index (Phi) is 10.6. The molecule has 0 aromatic rings. The molecule has 0 bridgehead atoms. The molecule has 0 rings (SSSR count). The van der Waals surface area contributed by atoms with Crippen LogP contribution in [0.5, 0.6) is 0 Å². The number of hydrogen-bond donors (Lipinski definition) is 2. The predicted octanol–water partition coefficient (Wildman–Crippen LogP) is 5.46. The van der Waals surface area contributed by atoms with Gasteiger partial charge in [-0.15, -0.1) is 0 Å². The van der Waals surface area contributed by atoms with E-state index in [-0.39, 0.29) is 24.7 Å². The monoisotopic (exact) mass is 375 g/mol. The van der Waals surface area contributed by atoms with Crippen molar-refractivity contribution < 1.29 is 27.1 Å². The van der Waals surface area contributed by atoms with Crippen LogP contribution in [-0.2, 0) is 0 Å². The molecule has 0 radical (unpaired) electrons. The number of hydrogen-bond acceptors (Lipinski definition) is 3. The molecule has 0 spiro atoms. The smallest absolute Gasteiger partial charge is 0.391 e. The second-order valence-electron chi connectivity index (χ2n) is 5.73. The predicted molar refractivity (Wildman–Crippen MR) is 88.8 cm³/mol. The van der Waals surface area contributed by atoms with Crippen molar-refractivity contribution in [2.75, 3.05) is 6.61 Å². The molecule has 0 aliphatic heterocycles. The van der Waals surface area contributed by atoms with Crippen molar-refractivity contribution >= 4 is 11.9 Å². The Labute approximate surface area is 144 Å². The average Bonchev–Trinajstić information content (AvgIpc) is 2.45. The maximum Gasteiger partial charge on any atom is 0.391 e. The van der Waals surface area contributed by atoms with Crippen molar-refractivity contribution in [1.29, 1.82) is 0 Å². The Balaban J connectivity index is 4.56. The molecule has 0 aromatic heterocycles. The minimum absolute atomic E-state index is 0.00531. The van der Waals surface area contributed by atoms with E-state index in [1.807, 2.05) is 6.92 Å². The zero-order valence-electron chi connectivity index (χ0n) is 14.2. The van der Waals surface area contributed by atoms with E-state index in [0.717, 1.165) is 19.9 Å². The molecule has 24 heavy (non-hydrogen) atoms. The second kappa shape index (κ2) is 11.0. The van der Waals surface area contributed by atoms with Gasteiger partial charge in [0.2, 0.25) is 0 Å². The lowest BCUT2D eigenvalue weighted by molar-refractivity contribution is -0.168. The molecule has 2 atom stereocenters. The molecule has 0 amide bonds. The van der Waals surface area contributed by atoms with Gasteiger partial charge in [0, 0.05) is 30.9 Å². The van der Waals surface area contributed by atoms with Crippen molar-refractivity contribution in [3.8, 4) is 0 Å². The number of alkyl halides is 5. The molecule has 0 saturated heterocycles. The van der Waals surface area contributed by atoms with Crippen LogP contribution < -0.4 is 4.72 Å². The fourth-order valence-corrected chi connectivity index (χ4v) is 2.53. The largest absolute Gasteiger partial charge is 0.396 e. The van der Waals surface area contributed by atoms with E-state index in [1.54, 1.807) is 0 Å². The van der Waals surface area contributed by atoms with Crippen LogP contribution in [0.4, 0.5) is 22.0 Å². The molecule has 8 heteroatoms. The summed E-state index contributed by atoms with van der Waals surface area (Å²) in [6.07, 6.45) is 0.601. The normalized spacial score (nSPS) is 16.5. The summed E-state index contributed by atoms with van der Waals surface area (Å²) >= 11 is 1.27. The Bertz CT molecular complexity index is 404. The number of aliphatic hydroxyl groups excluding tert-OH is 1. The van der Waals surface area contributed by atoms with Gasteiger partial charge in [0.25, 0.3) is 5.92 Å². The first-order chi connectivity index (χ1) is 11.0. The van der Waals surface area contributed by atoms with Gasteiger partial charge < -0.3 is 9.83 Å². The lowest BCUT2D eigenvalue weighted by Crippen LogP contribution is -2.19. The van der Waals surface area contributed by atoms with Gasteiger partial charge in [0.15, 0.2) is 0 Å². The van der Waals surface area contributed by atoms with E-state index in [4.69, 9.17) is 5.11 Å². The summed E-state index contributed by atoms with van der Waals surface area (Å²) in [5, 5.41) is 9.01. The molecule has 2 unspecified atom stereocenters. The van der Waals surface area contributed by atoms with Crippen LogP contribution in [0.2, 0.25) is 0 Å². The van der Waals surface area contributed by atoms with E-state index in [2.05, 4.69) is 4.72 Å². The SMILES string of the molecule is CCC(C/C=C/C(C)(F)F)SN/C(=C/CC(C)C(F)(F)F)CCO. The van der Waals surface area contributed by atoms with Crippen LogP contribution in [0, 0.1) is 5.92 Å². The molecule has 0 saturated carbocycles. The van der Waals surface area contributed by atoms with E-state index < -0.39 is 18.0 Å². The number of rotatable bonds is 11. The lowest BCUT2D eigenvalue weighted by atomic mass is 10.1. The zero-order valence-corrected chi connectivity index (χ0v) is 15.0. The van der Waals surface area contributed by atoms with Crippen molar-refractivity contribution in [1.82, 2.24) is 4.72 Å². The molecular weight excluding hydrogens is 349 g/mol. The first-order valence-corrected chi connectivity index (χ1v) is 8.71. The van der Waals surface area contributed by atoms with E-state index in [0.29, 0.717) is 18.5 Å². The summed E-state index contributed by atoms with van der Waals surface area (Å²) in [5.41, 5.74) is 0.516. The quantitative estimate of drug-likeness (QED) is 0.286. The van der Waals surface area contributed by atoms with Gasteiger partial charge in [-0.3, -0.25) is 0 Å². The van der Waals surface area contributed by atoms with Crippen molar-refractivity contribution in [3.63, 3.8) is 0 Å². The van der Waals surface area contributed by atoms with Gasteiger partial charge in [0.05, 0.1) is 5.92 Å². The van der Waals surface area contributed by atoms with Gasteiger partial charge in [-0.1, -0.05) is 26.0 Å². The molecular formula is C16H26F5NOS. The van der Waals surface area contributed by atoms with E-state index >= 15 is 0 Å². The maximum atomic E-state index is 12.7. The maximum absolute atomic E-state index is 12.7. The third kappa shape index (κ3) is 11.7. The molecule has 142 valence electrons. The topological polar surface area (TPSA) is 32.3 Å².